The summed E-state index contributed by atoms with van der Waals surface area (Å²) < 4.78 is 13.3. The van der Waals surface area contributed by atoms with E-state index in [1.54, 1.807) is 32.9 Å². The van der Waals surface area contributed by atoms with E-state index in [-0.39, 0.29) is 22.8 Å². The molecular weight excluding hydrogens is 573 g/mol. The van der Waals surface area contributed by atoms with Crippen LogP contribution in [0.25, 0.3) is 0 Å². The Bertz CT molecular complexity index is 1440. The molecule has 1 saturated heterocycles. The Morgan fingerprint density at radius 3 is 2.18 bits per heavy atom. The molecule has 0 unspecified atom stereocenters. The van der Waals surface area contributed by atoms with Gasteiger partial charge in [0.1, 0.15) is 29.0 Å². The maximum absolute atomic E-state index is 13.3. The number of carbonyl (C=O) groups excluding carboxylic acids is 1. The van der Waals surface area contributed by atoms with Gasteiger partial charge >= 0.3 is 5.97 Å². The minimum atomic E-state index is -1.33. The molecule has 0 bridgehead atoms. The number of phenols is 1. The van der Waals surface area contributed by atoms with Crippen LogP contribution in [0.3, 0.4) is 0 Å². The number of aromatic nitrogens is 1. The van der Waals surface area contributed by atoms with Crippen molar-refractivity contribution in [3.63, 3.8) is 0 Å². The number of nitrogens with zero attached hydrogens (tertiary/aromatic N) is 3. The standard InChI is InChI=1S/C16H13N3O4.C13H19FN2.C4H10.C2H6/c1-8-4-13(20)12(16(22)23)5-11(8)15(21)19-14-9(2)3-10(6-17)7-18-14;1-11-2-3-12(10-13(11)14)4-7-16-8-5-15-6-9-16;1-4(2)3;1-2/h3-5,7,20H,1-2H3,(H,22,23)(H,18,19,21);2-3,10,15H,4-9H2,1H3;4H,1-3H3;1-2H3. The maximum Gasteiger partial charge on any atom is 0.339 e. The summed E-state index contributed by atoms with van der Waals surface area (Å²) in [6.45, 7) is 21.0. The number of piperazine rings is 1. The van der Waals surface area contributed by atoms with Gasteiger partial charge in [0.25, 0.3) is 5.91 Å². The number of rotatable bonds is 6. The van der Waals surface area contributed by atoms with Crippen LogP contribution in [0.4, 0.5) is 10.2 Å². The number of nitrogens with one attached hydrogen (secondary N) is 2. The Labute approximate surface area is 267 Å². The zero-order chi connectivity index (χ0) is 34.1. The predicted molar refractivity (Wildman–Crippen MR) is 177 cm³/mol. The molecule has 0 radical (unpaired) electrons. The molecule has 244 valence electrons. The summed E-state index contributed by atoms with van der Waals surface area (Å²) in [4.78, 5) is 29.8. The SMILES string of the molecule is CC.CC(C)C.Cc1cc(O)c(C(=O)O)cc1C(=O)Nc1ncc(C#N)cc1C.Cc1ccc(CCN2CCNCC2)cc1F. The fourth-order valence-electron chi connectivity index (χ4n) is 4.06. The lowest BCUT2D eigenvalue weighted by molar-refractivity contribution is 0.0693. The van der Waals surface area contributed by atoms with Crippen molar-refractivity contribution in [3.05, 3.63) is 87.4 Å². The lowest BCUT2D eigenvalue weighted by Crippen LogP contribution is -2.44. The van der Waals surface area contributed by atoms with Crippen LogP contribution in [0.15, 0.2) is 42.6 Å². The monoisotopic (exact) mass is 621 g/mol. The predicted octanol–water partition coefficient (Wildman–Crippen LogP) is 6.50. The van der Waals surface area contributed by atoms with Gasteiger partial charge in [0.2, 0.25) is 0 Å². The number of aromatic hydroxyl groups is 1. The fourth-order valence-corrected chi connectivity index (χ4v) is 4.06. The van der Waals surface area contributed by atoms with E-state index in [0.29, 0.717) is 16.7 Å². The van der Waals surface area contributed by atoms with Gasteiger partial charge in [-0.3, -0.25) is 4.79 Å². The molecule has 2 heterocycles. The molecule has 1 aliphatic heterocycles. The minimum Gasteiger partial charge on any atom is -0.507 e. The molecule has 1 amide bonds. The second-order valence-corrected chi connectivity index (χ2v) is 11.1. The summed E-state index contributed by atoms with van der Waals surface area (Å²) in [6, 6.07) is 11.4. The number of nitriles is 1. The van der Waals surface area contributed by atoms with Gasteiger partial charge in [-0.25, -0.2) is 14.2 Å². The lowest BCUT2D eigenvalue weighted by atomic mass is 10.0. The van der Waals surface area contributed by atoms with E-state index in [2.05, 4.69) is 41.3 Å². The molecule has 0 atom stereocenters. The first-order valence-electron chi connectivity index (χ1n) is 15.3. The second-order valence-electron chi connectivity index (χ2n) is 11.1. The third-order valence-electron chi connectivity index (χ3n) is 6.42. The van der Waals surface area contributed by atoms with Gasteiger partial charge < -0.3 is 25.7 Å². The van der Waals surface area contributed by atoms with Crippen LogP contribution in [0.2, 0.25) is 0 Å². The third-order valence-corrected chi connectivity index (χ3v) is 6.42. The van der Waals surface area contributed by atoms with Crippen LogP contribution in [-0.4, -0.2) is 64.7 Å². The first kappa shape index (κ1) is 38.7. The van der Waals surface area contributed by atoms with Crippen molar-refractivity contribution < 1.29 is 24.2 Å². The molecule has 2 aromatic carbocycles. The van der Waals surface area contributed by atoms with Gasteiger partial charge in [0.05, 0.1) is 5.56 Å². The van der Waals surface area contributed by atoms with Crippen molar-refractivity contribution in [2.24, 2.45) is 5.92 Å². The number of amides is 1. The highest BCUT2D eigenvalue weighted by Crippen LogP contribution is 2.23. The fraction of sp³-hybridized carbons (Fsp3) is 0.429. The summed E-state index contributed by atoms with van der Waals surface area (Å²) >= 11 is 0. The van der Waals surface area contributed by atoms with Crippen LogP contribution >= 0.6 is 0 Å². The van der Waals surface area contributed by atoms with Gasteiger partial charge in [-0.05, 0) is 79.6 Å². The van der Waals surface area contributed by atoms with Gasteiger partial charge in [0.15, 0.2) is 0 Å². The number of pyridine rings is 1. The minimum absolute atomic E-state index is 0.0854. The molecule has 9 nitrogen and oxygen atoms in total. The molecule has 1 fully saturated rings. The van der Waals surface area contributed by atoms with Gasteiger partial charge in [-0.2, -0.15) is 5.26 Å². The highest BCUT2D eigenvalue weighted by molar-refractivity contribution is 6.07. The van der Waals surface area contributed by atoms with Crippen molar-refractivity contribution in [2.45, 2.75) is 61.8 Å². The molecule has 45 heavy (non-hydrogen) atoms. The Kier molecular flexibility index (Phi) is 17.1. The van der Waals surface area contributed by atoms with Crippen LogP contribution in [-0.2, 0) is 6.42 Å². The van der Waals surface area contributed by atoms with Crippen molar-refractivity contribution in [2.75, 3.05) is 38.0 Å². The van der Waals surface area contributed by atoms with Crippen molar-refractivity contribution in [1.29, 1.82) is 5.26 Å². The number of hydrogen-bond acceptors (Lipinski definition) is 7. The highest BCUT2D eigenvalue weighted by atomic mass is 19.1. The number of benzene rings is 2. The Balaban J connectivity index is 0.000000399. The molecule has 0 aliphatic carbocycles. The molecule has 3 aromatic rings. The van der Waals surface area contributed by atoms with Gasteiger partial charge in [0, 0.05) is 44.5 Å². The van der Waals surface area contributed by atoms with Crippen LogP contribution in [0, 0.1) is 43.8 Å². The highest BCUT2D eigenvalue weighted by Gasteiger charge is 2.18. The third kappa shape index (κ3) is 13.5. The average Bonchev–Trinajstić information content (AvgIpc) is 3.00. The first-order chi connectivity index (χ1) is 21.3. The maximum atomic E-state index is 13.3. The Hall–Kier alpha value is -4.33. The number of carbonyl (C=O) groups is 2. The second kappa shape index (κ2) is 19.8. The van der Waals surface area contributed by atoms with Crippen LogP contribution in [0.1, 0.15) is 83.2 Å². The van der Waals surface area contributed by atoms with E-state index < -0.39 is 17.6 Å². The Morgan fingerprint density at radius 2 is 1.64 bits per heavy atom. The molecule has 0 spiro atoms. The zero-order valence-corrected chi connectivity index (χ0v) is 27.8. The molecule has 10 heteroatoms. The topological polar surface area (TPSA) is 139 Å². The average molecular weight is 622 g/mol. The van der Waals surface area contributed by atoms with Crippen molar-refractivity contribution in [3.8, 4) is 11.8 Å². The van der Waals surface area contributed by atoms with E-state index >= 15 is 0 Å². The van der Waals surface area contributed by atoms with Crippen LogP contribution < -0.4 is 10.6 Å². The van der Waals surface area contributed by atoms with Crippen molar-refractivity contribution >= 4 is 17.7 Å². The molecular formula is C35H48FN5O4. The van der Waals surface area contributed by atoms with E-state index in [1.165, 1.54) is 12.3 Å². The smallest absolute Gasteiger partial charge is 0.339 e. The number of aryl methyl sites for hydroxylation is 3. The normalized spacial score (nSPS) is 12.3. The molecule has 1 aliphatic rings. The van der Waals surface area contributed by atoms with Crippen LogP contribution in [0.5, 0.6) is 5.75 Å². The van der Waals surface area contributed by atoms with E-state index in [9.17, 15) is 19.1 Å². The zero-order valence-electron chi connectivity index (χ0n) is 27.8. The van der Waals surface area contributed by atoms with Gasteiger partial charge in [-0.1, -0.05) is 46.8 Å². The quantitative estimate of drug-likeness (QED) is 0.245. The van der Waals surface area contributed by atoms with Gasteiger partial charge in [-0.15, -0.1) is 0 Å². The number of carboxylic acid groups (broad SMARTS) is 1. The summed E-state index contributed by atoms with van der Waals surface area (Å²) in [7, 11) is 0. The summed E-state index contributed by atoms with van der Waals surface area (Å²) in [5, 5.41) is 33.3. The summed E-state index contributed by atoms with van der Waals surface area (Å²) in [6.07, 6.45) is 2.27. The molecule has 0 saturated carbocycles. The Morgan fingerprint density at radius 1 is 1.02 bits per heavy atom. The van der Waals surface area contributed by atoms with E-state index in [4.69, 9.17) is 10.4 Å². The largest absolute Gasteiger partial charge is 0.507 e. The van der Waals surface area contributed by atoms with E-state index in [0.717, 1.165) is 62.3 Å². The molecule has 4 rings (SSSR count). The number of anilines is 1. The first-order valence-corrected chi connectivity index (χ1v) is 15.3. The number of aromatic carboxylic acids is 1. The summed E-state index contributed by atoms with van der Waals surface area (Å²) in [5.41, 5.74) is 2.99. The lowest BCUT2D eigenvalue weighted by Gasteiger charge is -2.27. The number of hydrogen-bond donors (Lipinski definition) is 4. The molecule has 4 N–H and O–H groups in total. The summed E-state index contributed by atoms with van der Waals surface area (Å²) in [5.74, 6) is -1.26. The molecule has 1 aromatic heterocycles. The number of carboxylic acids is 1. The van der Waals surface area contributed by atoms with Crippen molar-refractivity contribution in [1.82, 2.24) is 15.2 Å². The number of halogens is 1. The van der Waals surface area contributed by atoms with E-state index in [1.807, 2.05) is 32.0 Å².